The topological polar surface area (TPSA) is 20.3 Å². The minimum absolute atomic E-state index is 0.324. The van der Waals surface area contributed by atoms with Crippen molar-refractivity contribution in [3.63, 3.8) is 0 Å². The molecule has 0 saturated carbocycles. The summed E-state index contributed by atoms with van der Waals surface area (Å²) in [7, 11) is 6.46. The number of hydrogen-bond donors (Lipinski definition) is 0. The summed E-state index contributed by atoms with van der Waals surface area (Å²) in [6, 6.07) is 0. The second-order valence-corrected chi connectivity index (χ2v) is 7.78. The van der Waals surface area contributed by atoms with E-state index in [1.54, 1.807) is 0 Å². The Bertz CT molecular complexity index is 289. The van der Waals surface area contributed by atoms with Crippen molar-refractivity contribution in [3.05, 3.63) is 0 Å². The first-order valence-electron chi connectivity index (χ1n) is 9.99. The van der Waals surface area contributed by atoms with Gasteiger partial charge in [-0.2, -0.15) is 0 Å². The molecule has 3 nitrogen and oxygen atoms in total. The third-order valence-electron chi connectivity index (χ3n) is 4.79. The van der Waals surface area contributed by atoms with Crippen LogP contribution in [0.2, 0.25) is 0 Å². The van der Waals surface area contributed by atoms with Gasteiger partial charge in [0.2, 0.25) is 5.91 Å². The number of likely N-dealkylation sites (N-methyl/N-ethyl adjacent to an activating group) is 2. The monoisotopic (exact) mass is 327 g/mol. The molecule has 23 heavy (non-hydrogen) atoms. The summed E-state index contributed by atoms with van der Waals surface area (Å²) in [5, 5.41) is 0. The van der Waals surface area contributed by atoms with Gasteiger partial charge in [-0.1, -0.05) is 65.2 Å². The summed E-state index contributed by atoms with van der Waals surface area (Å²) in [6.07, 6.45) is 13.7. The van der Waals surface area contributed by atoms with Gasteiger partial charge in [-0.25, -0.2) is 0 Å². The van der Waals surface area contributed by atoms with Crippen molar-refractivity contribution < 1.29 is 9.28 Å². The number of amides is 1. The Morgan fingerprint density at radius 2 is 1.30 bits per heavy atom. The van der Waals surface area contributed by atoms with Crippen LogP contribution in [0, 0.1) is 0 Å². The van der Waals surface area contributed by atoms with Crippen LogP contribution in [0.5, 0.6) is 0 Å². The fourth-order valence-electron chi connectivity index (χ4n) is 3.04. The first-order chi connectivity index (χ1) is 10.9. The minimum Gasteiger partial charge on any atom is -0.340 e. The molecule has 3 heteroatoms. The highest BCUT2D eigenvalue weighted by Crippen LogP contribution is 2.11. The van der Waals surface area contributed by atoms with E-state index in [1.807, 2.05) is 11.9 Å². The summed E-state index contributed by atoms with van der Waals surface area (Å²) >= 11 is 0. The molecule has 0 unspecified atom stereocenters. The summed E-state index contributed by atoms with van der Waals surface area (Å²) < 4.78 is 1.01. The van der Waals surface area contributed by atoms with Gasteiger partial charge in [0.05, 0.1) is 33.7 Å². The lowest BCUT2D eigenvalue weighted by Crippen LogP contribution is -2.46. The molecule has 0 bridgehead atoms. The zero-order chi connectivity index (χ0) is 17.6. The van der Waals surface area contributed by atoms with Crippen LogP contribution >= 0.6 is 0 Å². The molecule has 0 radical (unpaired) electrons. The Morgan fingerprint density at radius 3 is 1.83 bits per heavy atom. The van der Waals surface area contributed by atoms with Crippen LogP contribution in [0.3, 0.4) is 0 Å². The van der Waals surface area contributed by atoms with Gasteiger partial charge in [0.25, 0.3) is 0 Å². The van der Waals surface area contributed by atoms with Crippen molar-refractivity contribution in [1.29, 1.82) is 0 Å². The zero-order valence-corrected chi connectivity index (χ0v) is 16.7. The SMILES string of the molecule is CCCCCCCCCCCC(=O)N(C)CC[N+](C)(C)CCC. The maximum absolute atomic E-state index is 12.1. The van der Waals surface area contributed by atoms with Crippen LogP contribution in [-0.4, -0.2) is 56.1 Å². The quantitative estimate of drug-likeness (QED) is 0.311. The third kappa shape index (κ3) is 13.6. The van der Waals surface area contributed by atoms with Gasteiger partial charge in [0, 0.05) is 13.5 Å². The molecule has 0 heterocycles. The van der Waals surface area contributed by atoms with E-state index in [1.165, 1.54) is 64.3 Å². The van der Waals surface area contributed by atoms with Gasteiger partial charge < -0.3 is 9.38 Å². The van der Waals surface area contributed by atoms with Crippen molar-refractivity contribution >= 4 is 5.91 Å². The van der Waals surface area contributed by atoms with Crippen LogP contribution in [0.4, 0.5) is 0 Å². The number of carbonyl (C=O) groups excluding carboxylic acids is 1. The molecule has 0 aliphatic rings. The summed E-state index contributed by atoms with van der Waals surface area (Å²) in [5.74, 6) is 0.324. The van der Waals surface area contributed by atoms with Gasteiger partial charge >= 0.3 is 0 Å². The van der Waals surface area contributed by atoms with Crippen molar-refractivity contribution in [1.82, 2.24) is 4.90 Å². The van der Waals surface area contributed by atoms with Gasteiger partial charge in [0.15, 0.2) is 0 Å². The molecule has 0 fully saturated rings. The van der Waals surface area contributed by atoms with E-state index in [0.717, 1.165) is 30.4 Å². The average Bonchev–Trinajstić information content (AvgIpc) is 2.50. The Kier molecular flexibility index (Phi) is 13.5. The molecular formula is C20H43N2O+. The van der Waals surface area contributed by atoms with Crippen molar-refractivity contribution in [2.45, 2.75) is 84.5 Å². The predicted molar refractivity (Wildman–Crippen MR) is 102 cm³/mol. The Balaban J connectivity index is 3.58. The van der Waals surface area contributed by atoms with Crippen molar-refractivity contribution in [2.75, 3.05) is 40.8 Å². The fourth-order valence-corrected chi connectivity index (χ4v) is 3.04. The number of unbranched alkanes of at least 4 members (excludes halogenated alkanes) is 8. The highest BCUT2D eigenvalue weighted by atomic mass is 16.2. The number of rotatable bonds is 15. The van der Waals surface area contributed by atoms with Crippen LogP contribution in [-0.2, 0) is 4.79 Å². The smallest absolute Gasteiger partial charge is 0.222 e. The van der Waals surface area contributed by atoms with Crippen LogP contribution in [0.25, 0.3) is 0 Å². The van der Waals surface area contributed by atoms with Gasteiger partial charge in [-0.3, -0.25) is 4.79 Å². The van der Waals surface area contributed by atoms with Crippen molar-refractivity contribution in [3.8, 4) is 0 Å². The molecule has 0 atom stereocenters. The van der Waals surface area contributed by atoms with Crippen LogP contribution in [0.1, 0.15) is 84.5 Å². The lowest BCUT2D eigenvalue weighted by atomic mass is 10.1. The standard InChI is InChI=1S/C20H43N2O/c1-6-8-9-10-11-12-13-14-15-16-20(23)21(3)17-19-22(4,5)18-7-2/h6-19H2,1-5H3/q+1. The van der Waals surface area contributed by atoms with Gasteiger partial charge in [0.1, 0.15) is 0 Å². The van der Waals surface area contributed by atoms with Crippen LogP contribution < -0.4 is 0 Å². The zero-order valence-electron chi connectivity index (χ0n) is 16.7. The van der Waals surface area contributed by atoms with E-state index in [4.69, 9.17) is 0 Å². The van der Waals surface area contributed by atoms with E-state index >= 15 is 0 Å². The fraction of sp³-hybridized carbons (Fsp3) is 0.950. The lowest BCUT2D eigenvalue weighted by Gasteiger charge is -2.31. The number of hydrogen-bond acceptors (Lipinski definition) is 1. The molecule has 1 amide bonds. The van der Waals surface area contributed by atoms with E-state index in [0.29, 0.717) is 5.91 Å². The lowest BCUT2D eigenvalue weighted by molar-refractivity contribution is -0.889. The normalized spacial score (nSPS) is 11.7. The van der Waals surface area contributed by atoms with E-state index < -0.39 is 0 Å². The molecular weight excluding hydrogens is 284 g/mol. The summed E-state index contributed by atoms with van der Waals surface area (Å²) in [6.45, 7) is 7.59. The minimum atomic E-state index is 0.324. The van der Waals surface area contributed by atoms with E-state index in [9.17, 15) is 4.79 Å². The first kappa shape index (κ1) is 22.4. The summed E-state index contributed by atoms with van der Waals surface area (Å²) in [4.78, 5) is 14.1. The molecule has 0 aliphatic heterocycles. The maximum Gasteiger partial charge on any atom is 0.222 e. The van der Waals surface area contributed by atoms with E-state index in [-0.39, 0.29) is 0 Å². The number of nitrogens with zero attached hydrogens (tertiary/aromatic N) is 2. The van der Waals surface area contributed by atoms with Crippen LogP contribution in [0.15, 0.2) is 0 Å². The Hall–Kier alpha value is -0.570. The highest BCUT2D eigenvalue weighted by molar-refractivity contribution is 5.75. The van der Waals surface area contributed by atoms with E-state index in [2.05, 4.69) is 27.9 Å². The number of quaternary nitrogens is 1. The molecule has 138 valence electrons. The summed E-state index contributed by atoms with van der Waals surface area (Å²) in [5.41, 5.74) is 0. The second-order valence-electron chi connectivity index (χ2n) is 7.78. The molecule has 0 spiro atoms. The molecule has 0 aromatic heterocycles. The molecule has 0 rings (SSSR count). The average molecular weight is 328 g/mol. The maximum atomic E-state index is 12.1. The Labute approximate surface area is 146 Å². The molecule has 0 saturated heterocycles. The largest absolute Gasteiger partial charge is 0.340 e. The second kappa shape index (κ2) is 13.8. The number of carbonyl (C=O) groups is 1. The molecule has 0 N–H and O–H groups in total. The molecule has 0 aliphatic carbocycles. The van der Waals surface area contributed by atoms with Crippen molar-refractivity contribution in [2.24, 2.45) is 0 Å². The molecule has 0 aromatic rings. The van der Waals surface area contributed by atoms with Gasteiger partial charge in [-0.05, 0) is 12.8 Å². The predicted octanol–water partition coefficient (Wildman–Crippen LogP) is 4.85. The molecule has 0 aromatic carbocycles. The Morgan fingerprint density at radius 1 is 0.783 bits per heavy atom. The third-order valence-corrected chi connectivity index (χ3v) is 4.79. The van der Waals surface area contributed by atoms with Gasteiger partial charge in [-0.15, -0.1) is 0 Å². The first-order valence-corrected chi connectivity index (χ1v) is 9.99. The highest BCUT2D eigenvalue weighted by Gasteiger charge is 2.16.